The molecule has 3 rings (SSSR count). The molecule has 0 saturated heterocycles. The number of thiophene rings is 1. The van der Waals surface area contributed by atoms with E-state index < -0.39 is 0 Å². The van der Waals surface area contributed by atoms with E-state index in [1.54, 1.807) is 17.4 Å². The van der Waals surface area contributed by atoms with Gasteiger partial charge in [-0.1, -0.05) is 0 Å². The van der Waals surface area contributed by atoms with Crippen molar-refractivity contribution in [1.29, 1.82) is 0 Å². The predicted octanol–water partition coefficient (Wildman–Crippen LogP) is 2.88. The van der Waals surface area contributed by atoms with E-state index in [2.05, 4.69) is 16.7 Å². The van der Waals surface area contributed by atoms with Crippen LogP contribution in [-0.2, 0) is 6.54 Å². The van der Waals surface area contributed by atoms with Crippen molar-refractivity contribution in [3.63, 3.8) is 0 Å². The summed E-state index contributed by atoms with van der Waals surface area (Å²) >= 11 is 1.73. The Morgan fingerprint density at radius 1 is 1.22 bits per heavy atom. The molecule has 1 aromatic carbocycles. The molecule has 0 spiro atoms. The molecule has 1 heterocycles. The van der Waals surface area contributed by atoms with E-state index in [4.69, 9.17) is 0 Å². The van der Waals surface area contributed by atoms with Crippen molar-refractivity contribution in [2.75, 3.05) is 13.1 Å². The first-order valence-corrected chi connectivity index (χ1v) is 7.25. The molecular weight excluding hydrogens is 247 g/mol. The summed E-state index contributed by atoms with van der Waals surface area (Å²) in [5.74, 6) is -0.159. The van der Waals surface area contributed by atoms with Crippen LogP contribution in [0.25, 0.3) is 10.1 Å². The number of benzene rings is 1. The standard InChI is InChI=1S/C14H17FN2S/c15-11-1-4-14-10(7-11)8-13(18-14)9-16-5-6-17-12-2-3-12/h1,4,7-8,12,16-17H,2-3,5-6,9H2. The van der Waals surface area contributed by atoms with Crippen molar-refractivity contribution in [1.82, 2.24) is 10.6 Å². The largest absolute Gasteiger partial charge is 0.313 e. The van der Waals surface area contributed by atoms with Gasteiger partial charge < -0.3 is 10.6 Å². The molecular formula is C14H17FN2S. The SMILES string of the molecule is Fc1ccc2sc(CNCCNC3CC3)cc2c1. The second kappa shape index (κ2) is 5.34. The fourth-order valence-electron chi connectivity index (χ4n) is 2.02. The minimum Gasteiger partial charge on any atom is -0.313 e. The highest BCUT2D eigenvalue weighted by molar-refractivity contribution is 7.19. The number of hydrogen-bond donors (Lipinski definition) is 2. The maximum Gasteiger partial charge on any atom is 0.123 e. The Kier molecular flexibility index (Phi) is 3.59. The molecule has 0 amide bonds. The van der Waals surface area contributed by atoms with Crippen LogP contribution in [0.2, 0.25) is 0 Å². The molecule has 2 nitrogen and oxygen atoms in total. The topological polar surface area (TPSA) is 24.1 Å². The van der Waals surface area contributed by atoms with Gasteiger partial charge in [-0.3, -0.25) is 0 Å². The minimum atomic E-state index is -0.159. The predicted molar refractivity (Wildman–Crippen MR) is 74.5 cm³/mol. The first-order chi connectivity index (χ1) is 8.81. The zero-order valence-electron chi connectivity index (χ0n) is 10.2. The Morgan fingerprint density at radius 3 is 2.94 bits per heavy atom. The lowest BCUT2D eigenvalue weighted by Gasteiger charge is -2.03. The van der Waals surface area contributed by atoms with Crippen LogP contribution < -0.4 is 10.6 Å². The van der Waals surface area contributed by atoms with Gasteiger partial charge in [0, 0.05) is 35.3 Å². The molecule has 1 saturated carbocycles. The molecule has 1 fully saturated rings. The number of rotatable bonds is 6. The first kappa shape index (κ1) is 12.1. The lowest BCUT2D eigenvalue weighted by Crippen LogP contribution is -2.28. The van der Waals surface area contributed by atoms with Gasteiger partial charge >= 0.3 is 0 Å². The fourth-order valence-corrected chi connectivity index (χ4v) is 3.03. The molecule has 18 heavy (non-hydrogen) atoms. The highest BCUT2D eigenvalue weighted by atomic mass is 32.1. The second-order valence-electron chi connectivity index (χ2n) is 4.80. The summed E-state index contributed by atoms with van der Waals surface area (Å²) in [5.41, 5.74) is 0. The molecule has 4 heteroatoms. The summed E-state index contributed by atoms with van der Waals surface area (Å²) in [6.45, 7) is 2.89. The third-order valence-corrected chi connectivity index (χ3v) is 4.26. The minimum absolute atomic E-state index is 0.159. The Bertz CT molecular complexity index is 534. The molecule has 1 aromatic heterocycles. The zero-order chi connectivity index (χ0) is 12.4. The third-order valence-electron chi connectivity index (χ3n) is 3.14. The van der Waals surface area contributed by atoms with Crippen LogP contribution in [0, 0.1) is 5.82 Å². The van der Waals surface area contributed by atoms with E-state index in [0.717, 1.165) is 35.8 Å². The van der Waals surface area contributed by atoms with Crippen LogP contribution in [-0.4, -0.2) is 19.1 Å². The van der Waals surface area contributed by atoms with E-state index >= 15 is 0 Å². The van der Waals surface area contributed by atoms with Crippen LogP contribution in [0.1, 0.15) is 17.7 Å². The second-order valence-corrected chi connectivity index (χ2v) is 5.97. The van der Waals surface area contributed by atoms with Gasteiger partial charge in [0.1, 0.15) is 5.82 Å². The van der Waals surface area contributed by atoms with Gasteiger partial charge in [0.25, 0.3) is 0 Å². The van der Waals surface area contributed by atoms with Crippen molar-refractivity contribution in [3.8, 4) is 0 Å². The number of hydrogen-bond acceptors (Lipinski definition) is 3. The molecule has 0 atom stereocenters. The summed E-state index contributed by atoms with van der Waals surface area (Å²) < 4.78 is 14.2. The summed E-state index contributed by atoms with van der Waals surface area (Å²) in [7, 11) is 0. The average Bonchev–Trinajstić information content (AvgIpc) is 3.08. The van der Waals surface area contributed by atoms with Gasteiger partial charge in [-0.2, -0.15) is 0 Å². The van der Waals surface area contributed by atoms with Gasteiger partial charge in [0.2, 0.25) is 0 Å². The van der Waals surface area contributed by atoms with Crippen molar-refractivity contribution in [3.05, 3.63) is 35.0 Å². The lowest BCUT2D eigenvalue weighted by molar-refractivity contribution is 0.611. The zero-order valence-corrected chi connectivity index (χ0v) is 11.0. The Hall–Kier alpha value is -0.970. The third kappa shape index (κ3) is 3.07. The molecule has 1 aliphatic carbocycles. The van der Waals surface area contributed by atoms with E-state index in [9.17, 15) is 4.39 Å². The van der Waals surface area contributed by atoms with Crippen LogP contribution in [0.4, 0.5) is 4.39 Å². The lowest BCUT2D eigenvalue weighted by atomic mass is 10.2. The molecule has 2 N–H and O–H groups in total. The monoisotopic (exact) mass is 264 g/mol. The number of halogens is 1. The van der Waals surface area contributed by atoms with Crippen molar-refractivity contribution in [2.24, 2.45) is 0 Å². The molecule has 2 aromatic rings. The smallest absolute Gasteiger partial charge is 0.123 e. The van der Waals surface area contributed by atoms with Gasteiger partial charge in [0.15, 0.2) is 0 Å². The van der Waals surface area contributed by atoms with Crippen LogP contribution >= 0.6 is 11.3 Å². The highest BCUT2D eigenvalue weighted by Gasteiger charge is 2.19. The number of nitrogens with one attached hydrogen (secondary N) is 2. The van der Waals surface area contributed by atoms with Crippen molar-refractivity contribution < 1.29 is 4.39 Å². The molecule has 96 valence electrons. The molecule has 0 bridgehead atoms. The van der Waals surface area contributed by atoms with Crippen LogP contribution in [0.15, 0.2) is 24.3 Å². The Labute approximate surface area is 110 Å². The summed E-state index contributed by atoms with van der Waals surface area (Å²) in [5, 5.41) is 7.89. The van der Waals surface area contributed by atoms with Crippen LogP contribution in [0.3, 0.4) is 0 Å². The van der Waals surface area contributed by atoms with E-state index in [1.807, 2.05) is 6.07 Å². The maximum absolute atomic E-state index is 13.1. The normalized spacial score (nSPS) is 15.4. The van der Waals surface area contributed by atoms with E-state index in [1.165, 1.54) is 23.8 Å². The van der Waals surface area contributed by atoms with Gasteiger partial charge in [-0.25, -0.2) is 4.39 Å². The number of fused-ring (bicyclic) bond motifs is 1. The summed E-state index contributed by atoms with van der Waals surface area (Å²) in [4.78, 5) is 1.27. The Morgan fingerprint density at radius 2 is 2.11 bits per heavy atom. The highest BCUT2D eigenvalue weighted by Crippen LogP contribution is 2.26. The summed E-state index contributed by atoms with van der Waals surface area (Å²) in [6, 6.07) is 7.83. The van der Waals surface area contributed by atoms with Crippen LogP contribution in [0.5, 0.6) is 0 Å². The maximum atomic E-state index is 13.1. The molecule has 0 radical (unpaired) electrons. The van der Waals surface area contributed by atoms with Gasteiger partial charge in [-0.05, 0) is 42.5 Å². The molecule has 0 aliphatic heterocycles. The van der Waals surface area contributed by atoms with E-state index in [-0.39, 0.29) is 5.82 Å². The van der Waals surface area contributed by atoms with Crippen molar-refractivity contribution >= 4 is 21.4 Å². The first-order valence-electron chi connectivity index (χ1n) is 6.43. The summed E-state index contributed by atoms with van der Waals surface area (Å²) in [6.07, 6.45) is 2.67. The quantitative estimate of drug-likeness (QED) is 0.784. The van der Waals surface area contributed by atoms with Crippen molar-refractivity contribution in [2.45, 2.75) is 25.4 Å². The van der Waals surface area contributed by atoms with E-state index in [0.29, 0.717) is 0 Å². The average molecular weight is 264 g/mol. The van der Waals surface area contributed by atoms with Gasteiger partial charge in [-0.15, -0.1) is 11.3 Å². The fraction of sp³-hybridized carbons (Fsp3) is 0.429. The molecule has 0 unspecified atom stereocenters. The molecule has 1 aliphatic rings. The Balaban J connectivity index is 1.50. The van der Waals surface area contributed by atoms with Gasteiger partial charge in [0.05, 0.1) is 0 Å².